The van der Waals surface area contributed by atoms with Gasteiger partial charge in [-0.1, -0.05) is 84.9 Å². The molecule has 0 radical (unpaired) electrons. The van der Waals surface area contributed by atoms with Crippen LogP contribution in [0.1, 0.15) is 11.1 Å². The zero-order valence-corrected chi connectivity index (χ0v) is 25.7. The van der Waals surface area contributed by atoms with Gasteiger partial charge in [0.05, 0.1) is 27.0 Å². The molecule has 7 aromatic rings. The van der Waals surface area contributed by atoms with Crippen molar-refractivity contribution in [2.24, 2.45) is 0 Å². The molecular formula is C34H26N4O6S2. The Hall–Kier alpha value is -5.14. The molecule has 0 aliphatic carbocycles. The Balaban J connectivity index is 1.33. The lowest BCUT2D eigenvalue weighted by molar-refractivity contribution is 0.458. The molecule has 12 heteroatoms. The summed E-state index contributed by atoms with van der Waals surface area (Å²) in [6.45, 7) is 0.933. The van der Waals surface area contributed by atoms with Crippen LogP contribution in [0.4, 0.5) is 0 Å². The summed E-state index contributed by atoms with van der Waals surface area (Å²) in [5.41, 5.74) is 6.30. The van der Waals surface area contributed by atoms with E-state index in [4.69, 9.17) is 14.2 Å². The zero-order valence-electron chi connectivity index (χ0n) is 24.1. The van der Waals surface area contributed by atoms with Crippen molar-refractivity contribution in [2.75, 3.05) is 0 Å². The van der Waals surface area contributed by atoms with Gasteiger partial charge in [0.2, 0.25) is 0 Å². The van der Waals surface area contributed by atoms with Crippen molar-refractivity contribution in [1.82, 2.24) is 19.1 Å². The highest BCUT2D eigenvalue weighted by Crippen LogP contribution is 2.32. The molecule has 0 amide bonds. The van der Waals surface area contributed by atoms with Crippen LogP contribution < -0.4 is 4.18 Å². The molecule has 7 rings (SSSR count). The summed E-state index contributed by atoms with van der Waals surface area (Å²) in [5, 5.41) is 0. The molecule has 0 fully saturated rings. The lowest BCUT2D eigenvalue weighted by atomic mass is 10.1. The second kappa shape index (κ2) is 12.0. The minimum Gasteiger partial charge on any atom is -0.380 e. The third-order valence-corrected chi connectivity index (χ3v) is 8.86. The van der Waals surface area contributed by atoms with E-state index in [9.17, 15) is 21.7 Å². The first kappa shape index (κ1) is 29.6. The van der Waals surface area contributed by atoms with E-state index < -0.39 is 21.5 Å². The second-order valence-electron chi connectivity index (χ2n) is 10.7. The Morgan fingerprint density at radius 2 is 1.13 bits per heavy atom. The summed E-state index contributed by atoms with van der Waals surface area (Å²) in [6, 6.07) is 36.9. The number of fused-ring (bicyclic) bond motifs is 2. The van der Waals surface area contributed by atoms with Crippen LogP contribution in [0.5, 0.6) is 5.75 Å². The number of hydrogen-bond donors (Lipinski definition) is 2. The summed E-state index contributed by atoms with van der Waals surface area (Å²) < 4.78 is 63.2. The normalized spacial score (nSPS) is 12.5. The van der Waals surface area contributed by atoms with Crippen LogP contribution in [-0.2, 0) is 34.6 Å². The maximum atomic E-state index is 12.0. The van der Waals surface area contributed by atoms with Crippen molar-refractivity contribution in [2.45, 2.75) is 18.0 Å². The summed E-state index contributed by atoms with van der Waals surface area (Å²) in [7, 11) is -4.41. The number of rotatable bonds is 9. The topological polar surface area (TPSA) is 137 Å². The third-order valence-electron chi connectivity index (χ3n) is 7.67. The summed E-state index contributed by atoms with van der Waals surface area (Å²) in [5.74, 6) is 1.58. The molecule has 10 nitrogen and oxygen atoms in total. The largest absolute Gasteiger partial charge is 0.380 e. The standard InChI is InChI=1S/C34H26N4O6S2/c39-45(40)44-27-15-17-29-31(19-27)37(21-23-7-3-1-4-8-23)33(35-29)25-11-13-26(14-12-25)34-36-30-18-16-28(46(41,42)43)20-32(30)38(34)22-24-9-5-2-6-10-24/h1-20H,21-22H2,(H,39,40)(H,41,42,43). The average molecular weight is 651 g/mol. The fourth-order valence-corrected chi connectivity index (χ4v) is 6.33. The summed E-state index contributed by atoms with van der Waals surface area (Å²) >= 11 is -2.46. The van der Waals surface area contributed by atoms with Crippen molar-refractivity contribution in [3.63, 3.8) is 0 Å². The molecule has 1 atom stereocenters. The van der Waals surface area contributed by atoms with Crippen LogP contribution in [-0.4, -0.2) is 40.8 Å². The van der Waals surface area contributed by atoms with Crippen LogP contribution in [0, 0.1) is 0 Å². The molecule has 2 N–H and O–H groups in total. The minimum atomic E-state index is -4.41. The monoisotopic (exact) mass is 650 g/mol. The van der Waals surface area contributed by atoms with Gasteiger partial charge >= 0.3 is 11.4 Å². The highest BCUT2D eigenvalue weighted by molar-refractivity contribution is 7.85. The fraction of sp³-hybridized carbons (Fsp3) is 0.0588. The molecule has 0 spiro atoms. The average Bonchev–Trinajstić information content (AvgIpc) is 3.59. The van der Waals surface area contributed by atoms with Gasteiger partial charge in [0.1, 0.15) is 17.4 Å². The molecule has 46 heavy (non-hydrogen) atoms. The zero-order chi connectivity index (χ0) is 31.8. The fourth-order valence-electron chi connectivity index (χ4n) is 5.56. The molecule has 2 heterocycles. The number of hydrogen-bond acceptors (Lipinski definition) is 6. The van der Waals surface area contributed by atoms with E-state index in [1.807, 2.05) is 94.1 Å². The molecule has 1 unspecified atom stereocenters. The van der Waals surface area contributed by atoms with Crippen molar-refractivity contribution in [1.29, 1.82) is 0 Å². The second-order valence-corrected chi connectivity index (χ2v) is 12.7. The Morgan fingerprint density at radius 3 is 1.61 bits per heavy atom. The Kier molecular flexibility index (Phi) is 7.70. The van der Waals surface area contributed by atoms with Gasteiger partial charge in [0, 0.05) is 30.3 Å². The van der Waals surface area contributed by atoms with Gasteiger partial charge < -0.3 is 13.3 Å². The smallest absolute Gasteiger partial charge is 0.357 e. The van der Waals surface area contributed by atoms with Gasteiger partial charge in [-0.2, -0.15) is 12.6 Å². The molecule has 5 aromatic carbocycles. The van der Waals surface area contributed by atoms with E-state index in [1.165, 1.54) is 12.1 Å². The van der Waals surface area contributed by atoms with Crippen LogP contribution >= 0.6 is 0 Å². The van der Waals surface area contributed by atoms with E-state index in [0.29, 0.717) is 41.3 Å². The Labute approximate surface area is 266 Å². The van der Waals surface area contributed by atoms with Gasteiger partial charge in [0.25, 0.3) is 10.1 Å². The first-order valence-electron chi connectivity index (χ1n) is 14.2. The van der Waals surface area contributed by atoms with Crippen LogP contribution in [0.15, 0.2) is 126 Å². The van der Waals surface area contributed by atoms with Crippen molar-refractivity contribution < 1.29 is 25.9 Å². The third kappa shape index (κ3) is 5.94. The molecule has 0 saturated carbocycles. The van der Waals surface area contributed by atoms with Crippen LogP contribution in [0.25, 0.3) is 44.8 Å². The highest BCUT2D eigenvalue weighted by atomic mass is 32.2. The van der Waals surface area contributed by atoms with E-state index >= 15 is 0 Å². The maximum Gasteiger partial charge on any atom is 0.357 e. The van der Waals surface area contributed by atoms with Gasteiger partial charge in [-0.3, -0.25) is 9.11 Å². The molecular weight excluding hydrogens is 625 g/mol. The van der Waals surface area contributed by atoms with E-state index in [-0.39, 0.29) is 10.6 Å². The van der Waals surface area contributed by atoms with Gasteiger partial charge in [-0.25, -0.2) is 9.97 Å². The summed E-state index contributed by atoms with van der Waals surface area (Å²) in [6.07, 6.45) is 0. The molecule has 0 bridgehead atoms. The lowest BCUT2D eigenvalue weighted by Crippen LogP contribution is -2.04. The molecule has 0 aliphatic heterocycles. The number of imidazole rings is 2. The van der Waals surface area contributed by atoms with Crippen molar-refractivity contribution in [3.05, 3.63) is 132 Å². The predicted octanol–water partition coefficient (Wildman–Crippen LogP) is 6.58. The van der Waals surface area contributed by atoms with E-state index in [0.717, 1.165) is 27.8 Å². The quantitative estimate of drug-likeness (QED) is 0.132. The molecule has 2 aromatic heterocycles. The van der Waals surface area contributed by atoms with E-state index in [1.54, 1.807) is 24.3 Å². The molecule has 0 saturated heterocycles. The van der Waals surface area contributed by atoms with Gasteiger partial charge in [-0.15, -0.1) is 0 Å². The molecule has 0 aliphatic rings. The number of benzene rings is 5. The summed E-state index contributed by atoms with van der Waals surface area (Å²) in [4.78, 5) is 9.56. The number of nitrogens with zero attached hydrogens (tertiary/aromatic N) is 4. The van der Waals surface area contributed by atoms with Crippen molar-refractivity contribution >= 4 is 43.5 Å². The Bertz CT molecular complexity index is 2340. The van der Waals surface area contributed by atoms with Gasteiger partial charge in [-0.05, 0) is 41.5 Å². The van der Waals surface area contributed by atoms with Crippen LogP contribution in [0.3, 0.4) is 0 Å². The predicted molar refractivity (Wildman–Crippen MR) is 176 cm³/mol. The van der Waals surface area contributed by atoms with E-state index in [2.05, 4.69) is 0 Å². The highest BCUT2D eigenvalue weighted by Gasteiger charge is 2.19. The first-order chi connectivity index (χ1) is 22.2. The first-order valence-corrected chi connectivity index (χ1v) is 16.7. The maximum absolute atomic E-state index is 12.0. The van der Waals surface area contributed by atoms with Gasteiger partial charge in [0.15, 0.2) is 0 Å². The Morgan fingerprint density at radius 1 is 0.652 bits per heavy atom. The lowest BCUT2D eigenvalue weighted by Gasteiger charge is -2.12. The van der Waals surface area contributed by atoms with Crippen LogP contribution in [0.2, 0.25) is 0 Å². The minimum absolute atomic E-state index is 0.202. The molecule has 230 valence electrons. The number of aromatic nitrogens is 4. The SMILES string of the molecule is O=S(O)Oc1ccc2nc(-c3ccc(-c4nc5ccc(S(=O)(=O)O)cc5n4Cc4ccccc4)cc3)n(Cc3ccccc3)c2c1. The van der Waals surface area contributed by atoms with Crippen molar-refractivity contribution in [3.8, 4) is 28.5 Å².